The minimum Gasteiger partial charge on any atom is -0.444 e. The van der Waals surface area contributed by atoms with Gasteiger partial charge in [-0.15, -0.1) is 5.10 Å². The summed E-state index contributed by atoms with van der Waals surface area (Å²) in [4.78, 5) is 4.35. The second kappa shape index (κ2) is 6.08. The van der Waals surface area contributed by atoms with E-state index >= 15 is 0 Å². The van der Waals surface area contributed by atoms with E-state index < -0.39 is 0 Å². The fourth-order valence-electron chi connectivity index (χ4n) is 2.78. The molecule has 0 aliphatic heterocycles. The first-order valence-electron chi connectivity index (χ1n) is 7.71. The van der Waals surface area contributed by atoms with Crippen molar-refractivity contribution in [1.29, 1.82) is 0 Å². The van der Waals surface area contributed by atoms with Crippen LogP contribution in [0.2, 0.25) is 0 Å². The standard InChI is InChI=1S/C20H15N3O/c1-14-6-5-9-16(12-14)19-18(20-21-10-11-24-20)17(13-22-23-19)15-7-3-2-4-8-15/h2-13H,1H3. The molecule has 4 rings (SSSR count). The highest BCUT2D eigenvalue weighted by Gasteiger charge is 2.19. The van der Waals surface area contributed by atoms with Crippen LogP contribution in [-0.2, 0) is 0 Å². The van der Waals surface area contributed by atoms with E-state index in [2.05, 4.69) is 34.2 Å². The average molecular weight is 313 g/mol. The largest absolute Gasteiger partial charge is 0.444 e. The van der Waals surface area contributed by atoms with Crippen molar-refractivity contribution in [2.75, 3.05) is 0 Å². The van der Waals surface area contributed by atoms with E-state index in [1.54, 1.807) is 18.7 Å². The van der Waals surface area contributed by atoms with E-state index in [9.17, 15) is 0 Å². The zero-order chi connectivity index (χ0) is 16.4. The molecular weight excluding hydrogens is 298 g/mol. The molecule has 4 heteroatoms. The first-order valence-corrected chi connectivity index (χ1v) is 7.71. The molecule has 2 aromatic heterocycles. The Bertz CT molecular complexity index is 963. The highest BCUT2D eigenvalue weighted by atomic mass is 16.3. The van der Waals surface area contributed by atoms with Gasteiger partial charge in [0.2, 0.25) is 5.89 Å². The molecule has 0 atom stereocenters. The molecule has 0 bridgehead atoms. The van der Waals surface area contributed by atoms with Gasteiger partial charge in [0.05, 0.1) is 18.0 Å². The fraction of sp³-hybridized carbons (Fsp3) is 0.0500. The van der Waals surface area contributed by atoms with Gasteiger partial charge in [0.15, 0.2) is 0 Å². The van der Waals surface area contributed by atoms with Crippen LogP contribution in [0.4, 0.5) is 0 Å². The fourth-order valence-corrected chi connectivity index (χ4v) is 2.78. The Balaban J connectivity index is 2.01. The number of aromatic nitrogens is 3. The monoisotopic (exact) mass is 313 g/mol. The van der Waals surface area contributed by atoms with Crippen molar-refractivity contribution in [2.45, 2.75) is 6.92 Å². The van der Waals surface area contributed by atoms with Gasteiger partial charge in [-0.25, -0.2) is 4.98 Å². The highest BCUT2D eigenvalue weighted by Crippen LogP contribution is 2.37. The van der Waals surface area contributed by atoms with E-state index in [1.807, 2.05) is 42.5 Å². The van der Waals surface area contributed by atoms with E-state index in [0.29, 0.717) is 5.89 Å². The Morgan fingerprint density at radius 1 is 0.917 bits per heavy atom. The van der Waals surface area contributed by atoms with Gasteiger partial charge in [-0.3, -0.25) is 0 Å². The molecule has 0 unspecified atom stereocenters. The van der Waals surface area contributed by atoms with Crippen LogP contribution in [0.5, 0.6) is 0 Å². The third kappa shape index (κ3) is 2.58. The third-order valence-corrected chi connectivity index (χ3v) is 3.87. The van der Waals surface area contributed by atoms with Crippen LogP contribution in [0.15, 0.2) is 77.7 Å². The van der Waals surface area contributed by atoms with Gasteiger partial charge < -0.3 is 4.42 Å². The molecule has 0 spiro atoms. The lowest BCUT2D eigenvalue weighted by atomic mass is 9.97. The quantitative estimate of drug-likeness (QED) is 0.546. The predicted molar refractivity (Wildman–Crippen MR) is 93.1 cm³/mol. The molecule has 2 aromatic carbocycles. The van der Waals surface area contributed by atoms with Crippen LogP contribution in [0.1, 0.15) is 5.56 Å². The number of hydrogen-bond donors (Lipinski definition) is 0. The normalized spacial score (nSPS) is 10.7. The van der Waals surface area contributed by atoms with Crippen LogP contribution in [0.25, 0.3) is 33.8 Å². The van der Waals surface area contributed by atoms with Crippen molar-refractivity contribution in [3.63, 3.8) is 0 Å². The van der Waals surface area contributed by atoms with Crippen LogP contribution < -0.4 is 0 Å². The summed E-state index contributed by atoms with van der Waals surface area (Å²) in [6, 6.07) is 18.3. The zero-order valence-corrected chi connectivity index (χ0v) is 13.2. The summed E-state index contributed by atoms with van der Waals surface area (Å²) >= 11 is 0. The average Bonchev–Trinajstić information content (AvgIpc) is 3.16. The van der Waals surface area contributed by atoms with E-state index in [-0.39, 0.29) is 0 Å². The lowest BCUT2D eigenvalue weighted by Gasteiger charge is -2.11. The van der Waals surface area contributed by atoms with Gasteiger partial charge in [0.1, 0.15) is 12.0 Å². The van der Waals surface area contributed by atoms with Crippen LogP contribution in [-0.4, -0.2) is 15.2 Å². The molecule has 0 saturated carbocycles. The van der Waals surface area contributed by atoms with Crippen molar-refractivity contribution in [3.05, 3.63) is 78.8 Å². The Hall–Kier alpha value is -3.27. The molecule has 0 fully saturated rings. The molecule has 0 saturated heterocycles. The minimum atomic E-state index is 0.542. The predicted octanol–water partition coefficient (Wildman–Crippen LogP) is 4.77. The van der Waals surface area contributed by atoms with Gasteiger partial charge in [-0.2, -0.15) is 5.10 Å². The van der Waals surface area contributed by atoms with Crippen LogP contribution in [0.3, 0.4) is 0 Å². The van der Waals surface area contributed by atoms with Crippen LogP contribution in [0, 0.1) is 6.92 Å². The maximum Gasteiger partial charge on any atom is 0.228 e. The zero-order valence-electron chi connectivity index (χ0n) is 13.2. The number of nitrogens with zero attached hydrogens (tertiary/aromatic N) is 3. The maximum atomic E-state index is 5.60. The van der Waals surface area contributed by atoms with Gasteiger partial charge in [0.25, 0.3) is 0 Å². The summed E-state index contributed by atoms with van der Waals surface area (Å²) < 4.78 is 5.60. The lowest BCUT2D eigenvalue weighted by Crippen LogP contribution is -1.96. The van der Waals surface area contributed by atoms with Crippen molar-refractivity contribution < 1.29 is 4.42 Å². The van der Waals surface area contributed by atoms with Gasteiger partial charge in [0, 0.05) is 11.1 Å². The number of aryl methyl sites for hydroxylation is 1. The Morgan fingerprint density at radius 3 is 2.50 bits per heavy atom. The number of oxazole rings is 1. The highest BCUT2D eigenvalue weighted by molar-refractivity contribution is 5.89. The molecule has 116 valence electrons. The topological polar surface area (TPSA) is 51.8 Å². The first-order chi connectivity index (χ1) is 11.8. The van der Waals surface area contributed by atoms with Crippen molar-refractivity contribution in [1.82, 2.24) is 15.2 Å². The Labute approximate surface area is 139 Å². The third-order valence-electron chi connectivity index (χ3n) is 3.87. The van der Waals surface area contributed by atoms with E-state index in [4.69, 9.17) is 4.42 Å². The second-order valence-corrected chi connectivity index (χ2v) is 5.55. The first kappa shape index (κ1) is 14.3. The van der Waals surface area contributed by atoms with Gasteiger partial charge in [-0.1, -0.05) is 54.1 Å². The molecule has 4 nitrogen and oxygen atoms in total. The molecule has 4 aromatic rings. The molecule has 2 heterocycles. The molecule has 0 amide bonds. The summed E-state index contributed by atoms with van der Waals surface area (Å²) in [6.07, 6.45) is 4.98. The Kier molecular flexibility index (Phi) is 3.63. The maximum absolute atomic E-state index is 5.60. The molecule has 0 aliphatic rings. The van der Waals surface area contributed by atoms with Crippen molar-refractivity contribution >= 4 is 0 Å². The summed E-state index contributed by atoms with van der Waals surface area (Å²) in [7, 11) is 0. The van der Waals surface area contributed by atoms with E-state index in [1.165, 1.54) is 0 Å². The van der Waals surface area contributed by atoms with E-state index in [0.717, 1.165) is 33.5 Å². The molecule has 0 radical (unpaired) electrons. The van der Waals surface area contributed by atoms with Gasteiger partial charge >= 0.3 is 0 Å². The van der Waals surface area contributed by atoms with Crippen LogP contribution >= 0.6 is 0 Å². The lowest BCUT2D eigenvalue weighted by molar-refractivity contribution is 0.574. The van der Waals surface area contributed by atoms with Gasteiger partial charge in [-0.05, 0) is 18.6 Å². The minimum absolute atomic E-state index is 0.542. The van der Waals surface area contributed by atoms with Crippen molar-refractivity contribution in [2.24, 2.45) is 0 Å². The summed E-state index contributed by atoms with van der Waals surface area (Å²) in [5.41, 5.74) is 5.78. The number of benzene rings is 2. The molecule has 24 heavy (non-hydrogen) atoms. The number of hydrogen-bond acceptors (Lipinski definition) is 4. The van der Waals surface area contributed by atoms with Crippen molar-refractivity contribution in [3.8, 4) is 33.8 Å². The SMILES string of the molecule is Cc1cccc(-c2nncc(-c3ccccc3)c2-c2ncco2)c1. The summed E-state index contributed by atoms with van der Waals surface area (Å²) in [5.74, 6) is 0.542. The summed E-state index contributed by atoms with van der Waals surface area (Å²) in [6.45, 7) is 2.06. The molecular formula is C20H15N3O. The number of rotatable bonds is 3. The smallest absolute Gasteiger partial charge is 0.228 e. The Morgan fingerprint density at radius 2 is 1.75 bits per heavy atom. The summed E-state index contributed by atoms with van der Waals surface area (Å²) in [5, 5.41) is 8.60. The molecule has 0 aliphatic carbocycles. The molecule has 0 N–H and O–H groups in total. The second-order valence-electron chi connectivity index (χ2n) is 5.55.